The van der Waals surface area contributed by atoms with Gasteiger partial charge in [-0.25, -0.2) is 4.79 Å². The van der Waals surface area contributed by atoms with Crippen molar-refractivity contribution in [2.75, 3.05) is 6.61 Å². The average Bonchev–Trinajstić information content (AvgIpc) is 2.84. The van der Waals surface area contributed by atoms with Crippen LogP contribution in [0.25, 0.3) is 0 Å². The van der Waals surface area contributed by atoms with E-state index in [0.717, 1.165) is 11.1 Å². The van der Waals surface area contributed by atoms with E-state index in [9.17, 15) is 4.79 Å². The van der Waals surface area contributed by atoms with Crippen LogP contribution in [0.4, 0.5) is 0 Å². The maximum Gasteiger partial charge on any atom is 0.399 e. The van der Waals surface area contributed by atoms with Gasteiger partial charge in [-0.15, -0.1) is 0 Å². The fraction of sp³-hybridized carbons (Fsp3) is 0.286. The second-order valence-corrected chi connectivity index (χ2v) is 4.02. The molecule has 5 nitrogen and oxygen atoms in total. The molecule has 5 heteroatoms. The number of hydrogen-bond acceptors (Lipinski definition) is 5. The second-order valence-electron chi connectivity index (χ2n) is 4.02. The molecule has 1 aromatic heterocycles. The Kier molecular flexibility index (Phi) is 3.85. The zero-order valence-corrected chi connectivity index (χ0v) is 11.1. The Hall–Kier alpha value is -2.30. The van der Waals surface area contributed by atoms with Gasteiger partial charge < -0.3 is 13.9 Å². The van der Waals surface area contributed by atoms with Crippen LogP contribution < -0.4 is 4.74 Å². The third-order valence-electron chi connectivity index (χ3n) is 2.72. The second kappa shape index (κ2) is 5.56. The monoisotopic (exact) mass is 261 g/mol. The van der Waals surface area contributed by atoms with Crippen LogP contribution in [0, 0.1) is 13.8 Å². The molecular weight excluding hydrogens is 246 g/mol. The highest BCUT2D eigenvalue weighted by molar-refractivity contribution is 5.86. The Morgan fingerprint density at radius 3 is 2.89 bits per heavy atom. The first-order valence-corrected chi connectivity index (χ1v) is 5.98. The van der Waals surface area contributed by atoms with E-state index in [4.69, 9.17) is 13.9 Å². The number of aromatic nitrogens is 1. The van der Waals surface area contributed by atoms with E-state index in [1.165, 1.54) is 6.26 Å². The molecule has 0 fully saturated rings. The SMILES string of the molecule is CCOC(=O)c1coc(Oc2cccc(C)c2C)n1. The number of aryl methyl sites for hydroxylation is 1. The quantitative estimate of drug-likeness (QED) is 0.790. The van der Waals surface area contributed by atoms with E-state index < -0.39 is 5.97 Å². The Labute approximate surface area is 111 Å². The molecule has 0 saturated heterocycles. The predicted octanol–water partition coefficient (Wildman–Crippen LogP) is 3.26. The van der Waals surface area contributed by atoms with Gasteiger partial charge in [0.15, 0.2) is 5.69 Å². The van der Waals surface area contributed by atoms with Crippen LogP contribution >= 0.6 is 0 Å². The average molecular weight is 261 g/mol. The normalized spacial score (nSPS) is 10.3. The molecule has 1 heterocycles. The van der Waals surface area contributed by atoms with Crippen LogP contribution in [0.3, 0.4) is 0 Å². The highest BCUT2D eigenvalue weighted by atomic mass is 16.6. The van der Waals surface area contributed by atoms with Gasteiger partial charge in [0.25, 0.3) is 0 Å². The van der Waals surface area contributed by atoms with Crippen LogP contribution in [-0.4, -0.2) is 17.6 Å². The lowest BCUT2D eigenvalue weighted by molar-refractivity contribution is 0.0519. The zero-order valence-electron chi connectivity index (χ0n) is 11.1. The highest BCUT2D eigenvalue weighted by Crippen LogP contribution is 2.26. The first-order valence-electron chi connectivity index (χ1n) is 5.98. The fourth-order valence-corrected chi connectivity index (χ4v) is 1.53. The lowest BCUT2D eigenvalue weighted by atomic mass is 10.1. The number of oxazole rings is 1. The number of nitrogens with zero attached hydrogens (tertiary/aromatic N) is 1. The summed E-state index contributed by atoms with van der Waals surface area (Å²) in [4.78, 5) is 15.4. The van der Waals surface area contributed by atoms with Crippen molar-refractivity contribution >= 4 is 5.97 Å². The summed E-state index contributed by atoms with van der Waals surface area (Å²) in [5.41, 5.74) is 2.20. The van der Waals surface area contributed by atoms with Gasteiger partial charge in [0.2, 0.25) is 0 Å². The van der Waals surface area contributed by atoms with E-state index in [0.29, 0.717) is 12.4 Å². The standard InChI is InChI=1S/C14H15NO4/c1-4-17-13(16)11-8-18-14(15-11)19-12-7-5-6-9(2)10(12)3/h5-8H,4H2,1-3H3. The number of benzene rings is 1. The molecule has 1 aromatic carbocycles. The third kappa shape index (κ3) is 2.93. The minimum Gasteiger partial charge on any atom is -0.461 e. The Bertz CT molecular complexity index is 589. The number of hydrogen-bond donors (Lipinski definition) is 0. The number of carbonyl (C=O) groups is 1. The van der Waals surface area contributed by atoms with Crippen molar-refractivity contribution in [3.05, 3.63) is 41.3 Å². The Morgan fingerprint density at radius 1 is 1.37 bits per heavy atom. The maximum atomic E-state index is 11.4. The summed E-state index contributed by atoms with van der Waals surface area (Å²) in [7, 11) is 0. The number of esters is 1. The van der Waals surface area contributed by atoms with Crippen molar-refractivity contribution in [3.8, 4) is 11.8 Å². The van der Waals surface area contributed by atoms with E-state index in [2.05, 4.69) is 4.98 Å². The molecule has 0 aliphatic heterocycles. The van der Waals surface area contributed by atoms with Crippen LogP contribution in [0.2, 0.25) is 0 Å². The smallest absolute Gasteiger partial charge is 0.399 e. The maximum absolute atomic E-state index is 11.4. The summed E-state index contributed by atoms with van der Waals surface area (Å²) >= 11 is 0. The predicted molar refractivity (Wildman–Crippen MR) is 68.4 cm³/mol. The molecule has 2 aromatic rings. The molecule has 0 radical (unpaired) electrons. The lowest BCUT2D eigenvalue weighted by Crippen LogP contribution is -2.04. The van der Waals surface area contributed by atoms with Crippen molar-refractivity contribution in [1.29, 1.82) is 0 Å². The Balaban J connectivity index is 2.16. The van der Waals surface area contributed by atoms with Crippen LogP contribution in [-0.2, 0) is 4.74 Å². The number of ether oxygens (including phenoxy) is 2. The first-order chi connectivity index (χ1) is 9.11. The molecule has 19 heavy (non-hydrogen) atoms. The van der Waals surface area contributed by atoms with Crippen molar-refractivity contribution < 1.29 is 18.7 Å². The van der Waals surface area contributed by atoms with Crippen molar-refractivity contribution in [2.24, 2.45) is 0 Å². The van der Waals surface area contributed by atoms with Crippen molar-refractivity contribution in [1.82, 2.24) is 4.98 Å². The van der Waals surface area contributed by atoms with Crippen LogP contribution in [0.15, 0.2) is 28.9 Å². The van der Waals surface area contributed by atoms with Gasteiger partial charge in [-0.05, 0) is 38.0 Å². The molecule has 0 spiro atoms. The summed E-state index contributed by atoms with van der Waals surface area (Å²) in [5.74, 6) is 0.124. The van der Waals surface area contributed by atoms with Gasteiger partial charge in [0.05, 0.1) is 6.61 Å². The van der Waals surface area contributed by atoms with E-state index in [1.807, 2.05) is 32.0 Å². The summed E-state index contributed by atoms with van der Waals surface area (Å²) in [6, 6.07) is 5.69. The van der Waals surface area contributed by atoms with Crippen molar-refractivity contribution in [3.63, 3.8) is 0 Å². The fourth-order valence-electron chi connectivity index (χ4n) is 1.53. The first kappa shape index (κ1) is 13.1. The van der Waals surface area contributed by atoms with Gasteiger partial charge in [-0.1, -0.05) is 12.1 Å². The molecule has 0 unspecified atom stereocenters. The molecule has 0 aliphatic carbocycles. The molecule has 0 atom stereocenters. The molecule has 0 bridgehead atoms. The van der Waals surface area contributed by atoms with Gasteiger partial charge in [0.1, 0.15) is 12.0 Å². The van der Waals surface area contributed by atoms with Gasteiger partial charge >= 0.3 is 12.0 Å². The zero-order chi connectivity index (χ0) is 13.8. The summed E-state index contributed by atoms with van der Waals surface area (Å²) < 4.78 is 15.4. The summed E-state index contributed by atoms with van der Waals surface area (Å²) in [6.45, 7) is 5.95. The van der Waals surface area contributed by atoms with E-state index in [-0.39, 0.29) is 11.8 Å². The minimum absolute atomic E-state index is 0.0248. The van der Waals surface area contributed by atoms with Crippen LogP contribution in [0.5, 0.6) is 11.8 Å². The van der Waals surface area contributed by atoms with Gasteiger partial charge in [-0.2, -0.15) is 4.98 Å². The summed E-state index contributed by atoms with van der Waals surface area (Å²) in [6.07, 6.45) is 1.25. The highest BCUT2D eigenvalue weighted by Gasteiger charge is 2.15. The Morgan fingerprint density at radius 2 is 2.16 bits per heavy atom. The van der Waals surface area contributed by atoms with E-state index in [1.54, 1.807) is 6.92 Å². The molecule has 0 N–H and O–H groups in total. The minimum atomic E-state index is -0.526. The topological polar surface area (TPSA) is 61.6 Å². The number of carbonyl (C=O) groups excluding carboxylic acids is 1. The largest absolute Gasteiger partial charge is 0.461 e. The molecule has 0 amide bonds. The van der Waals surface area contributed by atoms with Crippen molar-refractivity contribution in [2.45, 2.75) is 20.8 Å². The van der Waals surface area contributed by atoms with Gasteiger partial charge in [0, 0.05) is 0 Å². The van der Waals surface area contributed by atoms with Crippen LogP contribution in [0.1, 0.15) is 28.5 Å². The molecule has 0 aliphatic rings. The lowest BCUT2D eigenvalue weighted by Gasteiger charge is -2.06. The number of rotatable bonds is 4. The third-order valence-corrected chi connectivity index (χ3v) is 2.72. The molecule has 0 saturated carbocycles. The molecule has 2 rings (SSSR count). The molecular formula is C14H15NO4. The van der Waals surface area contributed by atoms with E-state index >= 15 is 0 Å². The van der Waals surface area contributed by atoms with Gasteiger partial charge in [-0.3, -0.25) is 0 Å². The molecule has 100 valence electrons. The summed E-state index contributed by atoms with van der Waals surface area (Å²) in [5, 5.41) is 0.